The molecular weight excluding hydrogens is 192 g/mol. The van der Waals surface area contributed by atoms with Gasteiger partial charge in [0.05, 0.1) is 10.9 Å². The van der Waals surface area contributed by atoms with Gasteiger partial charge in [0.2, 0.25) is 0 Å². The van der Waals surface area contributed by atoms with Crippen molar-refractivity contribution in [3.05, 3.63) is 24.2 Å². The number of nitrogens with one attached hydrogen (secondary N) is 2. The number of hydrogen-bond acceptors (Lipinski definition) is 3. The molecule has 2 aromatic heterocycles. The van der Waals surface area contributed by atoms with Gasteiger partial charge in [-0.3, -0.25) is 14.9 Å². The number of nitrogens with zero attached hydrogens (tertiary/aromatic N) is 2. The third-order valence-electron chi connectivity index (χ3n) is 2.11. The minimum absolute atomic E-state index is 0.156. The molecule has 0 aliphatic heterocycles. The van der Waals surface area contributed by atoms with Crippen LogP contribution in [0.25, 0.3) is 10.9 Å². The Morgan fingerprint density at radius 3 is 3.27 bits per heavy atom. The van der Waals surface area contributed by atoms with Gasteiger partial charge in [-0.25, -0.2) is 0 Å². The minimum Gasteiger partial charge on any atom is -0.351 e. The van der Waals surface area contributed by atoms with Gasteiger partial charge >= 0.3 is 0 Å². The van der Waals surface area contributed by atoms with E-state index in [0.717, 1.165) is 17.3 Å². The van der Waals surface area contributed by atoms with Gasteiger partial charge in [0.25, 0.3) is 5.91 Å². The predicted octanol–water partition coefficient (Wildman–Crippen LogP) is 1.10. The van der Waals surface area contributed by atoms with Gasteiger partial charge in [-0.05, 0) is 12.5 Å². The molecule has 78 valence electrons. The Hall–Kier alpha value is -1.91. The van der Waals surface area contributed by atoms with Gasteiger partial charge in [-0.1, -0.05) is 6.92 Å². The SMILES string of the molecule is CCCNC(=O)c1n[nH]c2ccncc12. The Bertz CT molecular complexity index is 477. The molecule has 0 unspecified atom stereocenters. The fraction of sp³-hybridized carbons (Fsp3) is 0.300. The molecule has 0 aromatic carbocycles. The second-order valence-corrected chi connectivity index (χ2v) is 3.25. The molecular formula is C10H12N4O. The number of aromatic nitrogens is 3. The highest BCUT2D eigenvalue weighted by Gasteiger charge is 2.12. The molecule has 5 nitrogen and oxygen atoms in total. The number of fused-ring (bicyclic) bond motifs is 1. The molecule has 2 heterocycles. The maximum Gasteiger partial charge on any atom is 0.272 e. The summed E-state index contributed by atoms with van der Waals surface area (Å²) in [5, 5.41) is 10.3. The van der Waals surface area contributed by atoms with E-state index < -0.39 is 0 Å². The van der Waals surface area contributed by atoms with Crippen molar-refractivity contribution in [2.24, 2.45) is 0 Å². The van der Waals surface area contributed by atoms with Crippen molar-refractivity contribution in [3.63, 3.8) is 0 Å². The third-order valence-corrected chi connectivity index (χ3v) is 2.11. The zero-order chi connectivity index (χ0) is 10.7. The third kappa shape index (κ3) is 1.81. The quantitative estimate of drug-likeness (QED) is 0.786. The highest BCUT2D eigenvalue weighted by molar-refractivity contribution is 6.04. The lowest BCUT2D eigenvalue weighted by molar-refractivity contribution is 0.0950. The van der Waals surface area contributed by atoms with Gasteiger partial charge < -0.3 is 5.32 Å². The largest absolute Gasteiger partial charge is 0.351 e. The van der Waals surface area contributed by atoms with Crippen molar-refractivity contribution < 1.29 is 4.79 Å². The van der Waals surface area contributed by atoms with Crippen molar-refractivity contribution in [2.45, 2.75) is 13.3 Å². The molecule has 5 heteroatoms. The first-order chi connectivity index (χ1) is 7.33. The van der Waals surface area contributed by atoms with E-state index in [1.165, 1.54) is 0 Å². The number of carbonyl (C=O) groups excluding carboxylic acids is 1. The van der Waals surface area contributed by atoms with Gasteiger partial charge in [-0.15, -0.1) is 0 Å². The highest BCUT2D eigenvalue weighted by atomic mass is 16.1. The summed E-state index contributed by atoms with van der Waals surface area (Å²) in [6, 6.07) is 1.79. The fourth-order valence-electron chi connectivity index (χ4n) is 1.35. The van der Waals surface area contributed by atoms with E-state index in [2.05, 4.69) is 20.5 Å². The fourth-order valence-corrected chi connectivity index (χ4v) is 1.35. The molecule has 2 rings (SSSR count). The highest BCUT2D eigenvalue weighted by Crippen LogP contribution is 2.13. The minimum atomic E-state index is -0.156. The molecule has 0 bridgehead atoms. The number of H-pyrrole nitrogens is 1. The Kier molecular flexibility index (Phi) is 2.62. The summed E-state index contributed by atoms with van der Waals surface area (Å²) in [5.74, 6) is -0.156. The number of carbonyl (C=O) groups is 1. The first-order valence-corrected chi connectivity index (χ1v) is 4.89. The molecule has 2 aromatic rings. The zero-order valence-electron chi connectivity index (χ0n) is 8.45. The van der Waals surface area contributed by atoms with Crippen molar-refractivity contribution in [1.29, 1.82) is 0 Å². The van der Waals surface area contributed by atoms with Gasteiger partial charge in [0.15, 0.2) is 5.69 Å². The van der Waals surface area contributed by atoms with Crippen LogP contribution in [0.15, 0.2) is 18.5 Å². The molecule has 0 atom stereocenters. The van der Waals surface area contributed by atoms with Gasteiger partial charge in [-0.2, -0.15) is 5.10 Å². The van der Waals surface area contributed by atoms with Crippen LogP contribution in [0, 0.1) is 0 Å². The molecule has 1 amide bonds. The molecule has 0 fully saturated rings. The summed E-state index contributed by atoms with van der Waals surface area (Å²) in [4.78, 5) is 15.6. The lowest BCUT2D eigenvalue weighted by atomic mass is 10.2. The van der Waals surface area contributed by atoms with Gasteiger partial charge in [0, 0.05) is 18.9 Å². The molecule has 15 heavy (non-hydrogen) atoms. The Morgan fingerprint density at radius 2 is 2.47 bits per heavy atom. The topological polar surface area (TPSA) is 70.7 Å². The van der Waals surface area contributed by atoms with Crippen LogP contribution in [0.4, 0.5) is 0 Å². The Labute approximate surface area is 86.9 Å². The van der Waals surface area contributed by atoms with E-state index in [1.807, 2.05) is 6.92 Å². The molecule has 0 aliphatic carbocycles. The Morgan fingerprint density at radius 1 is 1.60 bits per heavy atom. The van der Waals surface area contributed by atoms with Crippen LogP contribution in [0.1, 0.15) is 23.8 Å². The van der Waals surface area contributed by atoms with Crippen LogP contribution in [-0.4, -0.2) is 27.6 Å². The molecule has 0 saturated carbocycles. The summed E-state index contributed by atoms with van der Waals surface area (Å²) in [6.45, 7) is 2.66. The zero-order valence-corrected chi connectivity index (χ0v) is 8.45. The van der Waals surface area contributed by atoms with E-state index in [-0.39, 0.29) is 5.91 Å². The Balaban J connectivity index is 2.31. The van der Waals surface area contributed by atoms with Crippen LogP contribution < -0.4 is 5.32 Å². The van der Waals surface area contributed by atoms with E-state index >= 15 is 0 Å². The number of aromatic amines is 1. The maximum atomic E-state index is 11.7. The monoisotopic (exact) mass is 204 g/mol. The van der Waals surface area contributed by atoms with E-state index in [9.17, 15) is 4.79 Å². The average molecular weight is 204 g/mol. The predicted molar refractivity (Wildman–Crippen MR) is 56.5 cm³/mol. The summed E-state index contributed by atoms with van der Waals surface area (Å²) in [7, 11) is 0. The molecule has 0 radical (unpaired) electrons. The molecule has 0 spiro atoms. The first kappa shape index (κ1) is 9.64. The smallest absolute Gasteiger partial charge is 0.272 e. The van der Waals surface area contributed by atoms with Gasteiger partial charge in [0.1, 0.15) is 0 Å². The van der Waals surface area contributed by atoms with Crippen molar-refractivity contribution in [3.8, 4) is 0 Å². The van der Waals surface area contributed by atoms with Crippen LogP contribution in [-0.2, 0) is 0 Å². The summed E-state index contributed by atoms with van der Waals surface area (Å²) < 4.78 is 0. The van der Waals surface area contributed by atoms with Crippen LogP contribution >= 0.6 is 0 Å². The number of amides is 1. The summed E-state index contributed by atoms with van der Waals surface area (Å²) in [6.07, 6.45) is 4.21. The van der Waals surface area contributed by atoms with Crippen molar-refractivity contribution in [2.75, 3.05) is 6.54 Å². The normalized spacial score (nSPS) is 10.5. The standard InChI is InChI=1S/C10H12N4O/c1-2-4-12-10(15)9-7-6-11-5-3-8(7)13-14-9/h3,5-6H,2,4H2,1H3,(H,12,15)(H,13,14). The maximum absolute atomic E-state index is 11.7. The first-order valence-electron chi connectivity index (χ1n) is 4.89. The lowest BCUT2D eigenvalue weighted by Crippen LogP contribution is -2.24. The van der Waals surface area contributed by atoms with E-state index in [1.54, 1.807) is 18.5 Å². The molecule has 0 saturated heterocycles. The van der Waals surface area contributed by atoms with Crippen LogP contribution in [0.5, 0.6) is 0 Å². The number of pyridine rings is 1. The van der Waals surface area contributed by atoms with Crippen molar-refractivity contribution >= 4 is 16.8 Å². The number of hydrogen-bond donors (Lipinski definition) is 2. The number of rotatable bonds is 3. The summed E-state index contributed by atoms with van der Waals surface area (Å²) >= 11 is 0. The molecule has 2 N–H and O–H groups in total. The second kappa shape index (κ2) is 4.08. The average Bonchev–Trinajstić information content (AvgIpc) is 2.69. The summed E-state index contributed by atoms with van der Waals surface area (Å²) in [5.41, 5.74) is 1.23. The molecule has 0 aliphatic rings. The van der Waals surface area contributed by atoms with Crippen LogP contribution in [0.2, 0.25) is 0 Å². The van der Waals surface area contributed by atoms with E-state index in [4.69, 9.17) is 0 Å². The van der Waals surface area contributed by atoms with Crippen LogP contribution in [0.3, 0.4) is 0 Å². The lowest BCUT2D eigenvalue weighted by Gasteiger charge is -1.99. The second-order valence-electron chi connectivity index (χ2n) is 3.25. The van der Waals surface area contributed by atoms with E-state index in [0.29, 0.717) is 12.2 Å². The van der Waals surface area contributed by atoms with Crippen molar-refractivity contribution in [1.82, 2.24) is 20.5 Å².